The van der Waals surface area contributed by atoms with Crippen molar-refractivity contribution < 1.29 is 9.53 Å². The van der Waals surface area contributed by atoms with Crippen LogP contribution in [0.4, 0.5) is 5.69 Å². The minimum absolute atomic E-state index is 0.331. The molecule has 2 aromatic carbocycles. The Balaban J connectivity index is 2.13. The minimum atomic E-state index is -0.398. The minimum Gasteiger partial charge on any atom is -0.461 e. The monoisotopic (exact) mass is 282 g/mol. The van der Waals surface area contributed by atoms with Crippen LogP contribution in [0.3, 0.4) is 0 Å². The summed E-state index contributed by atoms with van der Waals surface area (Å²) in [7, 11) is 0. The van der Waals surface area contributed by atoms with Crippen LogP contribution in [0, 0.1) is 0 Å². The van der Waals surface area contributed by atoms with E-state index in [1.165, 1.54) is 0 Å². The van der Waals surface area contributed by atoms with Crippen molar-refractivity contribution in [3.63, 3.8) is 0 Å². The van der Waals surface area contributed by atoms with Gasteiger partial charge >= 0.3 is 5.97 Å². The van der Waals surface area contributed by atoms with Gasteiger partial charge in [-0.1, -0.05) is 48.5 Å². The molecule has 0 bridgehead atoms. The fourth-order valence-corrected chi connectivity index (χ4v) is 1.81. The molecule has 0 aromatic heterocycles. The van der Waals surface area contributed by atoms with Crippen LogP contribution in [-0.2, 0) is 16.0 Å². The van der Waals surface area contributed by atoms with Gasteiger partial charge in [-0.2, -0.15) is 5.10 Å². The van der Waals surface area contributed by atoms with Gasteiger partial charge in [0, 0.05) is 6.42 Å². The Bertz CT molecular complexity index is 595. The van der Waals surface area contributed by atoms with Gasteiger partial charge in [0.2, 0.25) is 0 Å². The fourth-order valence-electron chi connectivity index (χ4n) is 1.81. The van der Waals surface area contributed by atoms with Crippen molar-refractivity contribution in [3.8, 4) is 0 Å². The number of anilines is 1. The standard InChI is InChI=1S/C17H18N2O2/c1-2-21-17(20)16(13-14-9-5-3-6-10-14)19-18-15-11-7-4-8-12-15/h3-12,18H,2,13H2,1H3/b19-16+. The second kappa shape index (κ2) is 7.85. The Morgan fingerprint density at radius 3 is 2.29 bits per heavy atom. The first-order valence-electron chi connectivity index (χ1n) is 6.88. The summed E-state index contributed by atoms with van der Waals surface area (Å²) >= 11 is 0. The summed E-state index contributed by atoms with van der Waals surface area (Å²) in [5, 5.41) is 4.20. The molecule has 0 spiro atoms. The van der Waals surface area contributed by atoms with Crippen molar-refractivity contribution in [1.82, 2.24) is 0 Å². The number of nitrogens with zero attached hydrogens (tertiary/aromatic N) is 1. The van der Waals surface area contributed by atoms with Gasteiger partial charge in [0.1, 0.15) is 5.71 Å². The van der Waals surface area contributed by atoms with E-state index in [0.29, 0.717) is 18.7 Å². The summed E-state index contributed by atoms with van der Waals surface area (Å²) in [6, 6.07) is 19.2. The maximum absolute atomic E-state index is 12.0. The topological polar surface area (TPSA) is 50.7 Å². The Hall–Kier alpha value is -2.62. The number of nitrogens with one attached hydrogen (secondary N) is 1. The highest BCUT2D eigenvalue weighted by Gasteiger charge is 2.13. The molecule has 1 N–H and O–H groups in total. The van der Waals surface area contributed by atoms with E-state index >= 15 is 0 Å². The van der Waals surface area contributed by atoms with Crippen molar-refractivity contribution in [2.45, 2.75) is 13.3 Å². The molecule has 0 radical (unpaired) electrons. The zero-order chi connectivity index (χ0) is 14.9. The predicted octanol–water partition coefficient (Wildman–Crippen LogP) is 3.26. The summed E-state index contributed by atoms with van der Waals surface area (Å²) in [4.78, 5) is 12.0. The van der Waals surface area contributed by atoms with E-state index in [1.54, 1.807) is 6.92 Å². The van der Waals surface area contributed by atoms with E-state index in [-0.39, 0.29) is 0 Å². The van der Waals surface area contributed by atoms with Gasteiger partial charge in [0.25, 0.3) is 0 Å². The maximum Gasteiger partial charge on any atom is 0.354 e. The summed E-state index contributed by atoms with van der Waals surface area (Å²) in [6.07, 6.45) is 0.430. The molecule has 0 amide bonds. The van der Waals surface area contributed by atoms with Crippen LogP contribution in [-0.4, -0.2) is 18.3 Å². The first-order chi connectivity index (χ1) is 10.3. The molecule has 0 aliphatic heterocycles. The molecule has 0 aliphatic rings. The zero-order valence-electron chi connectivity index (χ0n) is 12.0. The summed E-state index contributed by atoms with van der Waals surface area (Å²) in [5.74, 6) is -0.398. The molecule has 0 saturated heterocycles. The van der Waals surface area contributed by atoms with Gasteiger partial charge < -0.3 is 4.74 Å². The van der Waals surface area contributed by atoms with Crippen LogP contribution in [0.5, 0.6) is 0 Å². The molecule has 2 aromatic rings. The molecule has 4 nitrogen and oxygen atoms in total. The average Bonchev–Trinajstić information content (AvgIpc) is 2.53. The van der Waals surface area contributed by atoms with E-state index in [9.17, 15) is 4.79 Å². The van der Waals surface area contributed by atoms with Crippen molar-refractivity contribution in [2.75, 3.05) is 12.0 Å². The van der Waals surface area contributed by atoms with E-state index in [1.807, 2.05) is 60.7 Å². The van der Waals surface area contributed by atoms with Crippen LogP contribution >= 0.6 is 0 Å². The molecule has 0 fully saturated rings. The smallest absolute Gasteiger partial charge is 0.354 e. The largest absolute Gasteiger partial charge is 0.461 e. The number of hydrazone groups is 1. The number of hydrogen-bond acceptors (Lipinski definition) is 4. The second-order valence-corrected chi connectivity index (χ2v) is 4.42. The highest BCUT2D eigenvalue weighted by Crippen LogP contribution is 2.07. The Morgan fingerprint density at radius 1 is 1.05 bits per heavy atom. The van der Waals surface area contributed by atoms with Gasteiger partial charge in [-0.3, -0.25) is 5.43 Å². The Kier molecular flexibility index (Phi) is 5.52. The highest BCUT2D eigenvalue weighted by molar-refractivity contribution is 6.37. The lowest BCUT2D eigenvalue weighted by Gasteiger charge is -2.07. The first kappa shape index (κ1) is 14.8. The van der Waals surface area contributed by atoms with Crippen molar-refractivity contribution in [2.24, 2.45) is 5.10 Å². The molecular weight excluding hydrogens is 264 g/mol. The summed E-state index contributed by atoms with van der Waals surface area (Å²) in [6.45, 7) is 2.11. The second-order valence-electron chi connectivity index (χ2n) is 4.42. The van der Waals surface area contributed by atoms with Gasteiger partial charge in [-0.05, 0) is 24.6 Å². The number of ether oxygens (including phenoxy) is 1. The molecule has 0 aliphatic carbocycles. The predicted molar refractivity (Wildman–Crippen MR) is 84.3 cm³/mol. The number of para-hydroxylation sites is 1. The van der Waals surface area contributed by atoms with E-state index in [2.05, 4.69) is 10.5 Å². The summed E-state index contributed by atoms with van der Waals surface area (Å²) in [5.41, 5.74) is 5.08. The van der Waals surface area contributed by atoms with Gasteiger partial charge in [-0.25, -0.2) is 4.79 Å². The first-order valence-corrected chi connectivity index (χ1v) is 6.88. The van der Waals surface area contributed by atoms with Gasteiger partial charge in [-0.15, -0.1) is 0 Å². The van der Waals surface area contributed by atoms with Crippen molar-refractivity contribution in [3.05, 3.63) is 66.2 Å². The van der Waals surface area contributed by atoms with Crippen molar-refractivity contribution >= 4 is 17.4 Å². The number of carbonyl (C=O) groups excluding carboxylic acids is 1. The normalized spacial score (nSPS) is 11.0. The highest BCUT2D eigenvalue weighted by atomic mass is 16.5. The third-order valence-corrected chi connectivity index (χ3v) is 2.82. The maximum atomic E-state index is 12.0. The van der Waals surface area contributed by atoms with Crippen LogP contribution in [0.15, 0.2) is 65.8 Å². The third kappa shape index (κ3) is 4.76. The summed E-state index contributed by atoms with van der Waals surface area (Å²) < 4.78 is 5.05. The van der Waals surface area contributed by atoms with Crippen LogP contribution in [0.1, 0.15) is 12.5 Å². The zero-order valence-corrected chi connectivity index (χ0v) is 12.0. The average molecular weight is 282 g/mol. The fraction of sp³-hybridized carbons (Fsp3) is 0.176. The lowest BCUT2D eigenvalue weighted by molar-refractivity contribution is -0.135. The number of esters is 1. The van der Waals surface area contributed by atoms with Crippen molar-refractivity contribution in [1.29, 1.82) is 0 Å². The van der Waals surface area contributed by atoms with Crippen LogP contribution in [0.2, 0.25) is 0 Å². The molecule has 2 rings (SSSR count). The molecule has 0 saturated carbocycles. The van der Waals surface area contributed by atoms with Crippen LogP contribution < -0.4 is 5.43 Å². The Morgan fingerprint density at radius 2 is 1.67 bits per heavy atom. The molecule has 108 valence electrons. The number of benzene rings is 2. The van der Waals surface area contributed by atoms with E-state index in [0.717, 1.165) is 11.3 Å². The quantitative estimate of drug-likeness (QED) is 0.502. The lowest BCUT2D eigenvalue weighted by Crippen LogP contribution is -2.21. The molecule has 21 heavy (non-hydrogen) atoms. The third-order valence-electron chi connectivity index (χ3n) is 2.82. The molecule has 0 heterocycles. The van der Waals surface area contributed by atoms with E-state index in [4.69, 9.17) is 4.74 Å². The number of rotatable bonds is 6. The van der Waals surface area contributed by atoms with E-state index < -0.39 is 5.97 Å². The number of hydrogen-bond donors (Lipinski definition) is 1. The van der Waals surface area contributed by atoms with Gasteiger partial charge in [0.05, 0.1) is 12.3 Å². The molecule has 0 atom stereocenters. The van der Waals surface area contributed by atoms with Crippen LogP contribution in [0.25, 0.3) is 0 Å². The Labute approximate surface area is 124 Å². The molecular formula is C17H18N2O2. The SMILES string of the molecule is CCOC(=O)/C(Cc1ccccc1)=N/Nc1ccccc1. The molecule has 0 unspecified atom stereocenters. The van der Waals surface area contributed by atoms with Gasteiger partial charge in [0.15, 0.2) is 0 Å². The number of carbonyl (C=O) groups is 1. The molecule has 4 heteroatoms. The lowest BCUT2D eigenvalue weighted by atomic mass is 10.1.